The Morgan fingerprint density at radius 3 is 2.62 bits per heavy atom. The minimum absolute atomic E-state index is 0.0753. The average molecular weight is 335 g/mol. The largest absolute Gasteiger partial charge is 0.479 e. The van der Waals surface area contributed by atoms with E-state index in [4.69, 9.17) is 4.74 Å². The van der Waals surface area contributed by atoms with Crippen LogP contribution in [0.1, 0.15) is 45.7 Å². The van der Waals surface area contributed by atoms with E-state index < -0.39 is 11.5 Å². The van der Waals surface area contributed by atoms with Crippen molar-refractivity contribution in [3.05, 3.63) is 18.0 Å². The standard InChI is InChI=1S/C18H29N3O3/c1-17(2,3)15-4-8-21(19-15)18(16(22)23)6-9-20(10-7-18)12-14-5-11-24-13-14/h4,8,14H,5-7,9-13H2,1-3H3,(H,22,23)/t14-/m1/s1. The van der Waals surface area contributed by atoms with Gasteiger partial charge in [-0.2, -0.15) is 5.10 Å². The lowest BCUT2D eigenvalue weighted by atomic mass is 9.87. The Morgan fingerprint density at radius 2 is 2.12 bits per heavy atom. The van der Waals surface area contributed by atoms with Gasteiger partial charge >= 0.3 is 5.97 Å². The zero-order chi connectivity index (χ0) is 17.4. The molecule has 3 rings (SSSR count). The van der Waals surface area contributed by atoms with Gasteiger partial charge in [-0.05, 0) is 31.2 Å². The summed E-state index contributed by atoms with van der Waals surface area (Å²) in [4.78, 5) is 14.5. The van der Waals surface area contributed by atoms with E-state index in [2.05, 4.69) is 30.8 Å². The number of carboxylic acids is 1. The average Bonchev–Trinajstić information content (AvgIpc) is 3.18. The second-order valence-corrected chi connectivity index (χ2v) is 8.26. The Kier molecular flexibility index (Phi) is 4.71. The molecule has 0 saturated carbocycles. The van der Waals surface area contributed by atoms with Crippen LogP contribution in [0.2, 0.25) is 0 Å². The maximum atomic E-state index is 12.1. The SMILES string of the molecule is CC(C)(C)c1ccn(C2(C(=O)O)CCN(C[C@H]3CCOC3)CC2)n1. The summed E-state index contributed by atoms with van der Waals surface area (Å²) in [5.74, 6) is -0.172. The highest BCUT2D eigenvalue weighted by Crippen LogP contribution is 2.32. The van der Waals surface area contributed by atoms with Gasteiger partial charge in [0.1, 0.15) is 0 Å². The van der Waals surface area contributed by atoms with Crippen molar-refractivity contribution < 1.29 is 14.6 Å². The highest BCUT2D eigenvalue weighted by atomic mass is 16.5. The van der Waals surface area contributed by atoms with Gasteiger partial charge in [-0.1, -0.05) is 20.8 Å². The number of hydrogen-bond donors (Lipinski definition) is 1. The van der Waals surface area contributed by atoms with Crippen LogP contribution in [-0.2, 0) is 20.5 Å². The van der Waals surface area contributed by atoms with E-state index in [9.17, 15) is 9.90 Å². The zero-order valence-electron chi connectivity index (χ0n) is 15.0. The summed E-state index contributed by atoms with van der Waals surface area (Å²) in [5, 5.41) is 14.5. The second kappa shape index (κ2) is 6.48. The van der Waals surface area contributed by atoms with E-state index in [1.165, 1.54) is 0 Å². The Morgan fingerprint density at radius 1 is 1.42 bits per heavy atom. The molecule has 0 amide bonds. The number of piperidine rings is 1. The topological polar surface area (TPSA) is 67.6 Å². The minimum atomic E-state index is -0.911. The zero-order valence-corrected chi connectivity index (χ0v) is 15.0. The molecule has 1 aromatic heterocycles. The van der Waals surface area contributed by atoms with Gasteiger partial charge in [0, 0.05) is 37.9 Å². The fourth-order valence-electron chi connectivity index (χ4n) is 3.70. The first-order chi connectivity index (χ1) is 11.3. The fraction of sp³-hybridized carbons (Fsp3) is 0.778. The molecule has 0 unspecified atom stereocenters. The van der Waals surface area contributed by atoms with Crippen LogP contribution in [0.3, 0.4) is 0 Å². The molecule has 6 nitrogen and oxygen atoms in total. The summed E-state index contributed by atoms with van der Waals surface area (Å²) in [6.07, 6.45) is 4.16. The Hall–Kier alpha value is -1.40. The predicted octanol–water partition coefficient (Wildman–Crippen LogP) is 2.09. The Bertz CT molecular complexity index is 577. The lowest BCUT2D eigenvalue weighted by molar-refractivity contribution is -0.151. The lowest BCUT2D eigenvalue weighted by Gasteiger charge is -2.39. The first kappa shape index (κ1) is 17.4. The van der Waals surface area contributed by atoms with Gasteiger partial charge in [0.2, 0.25) is 0 Å². The molecular weight excluding hydrogens is 306 g/mol. The Labute approximate surface area is 143 Å². The lowest BCUT2D eigenvalue weighted by Crippen LogP contribution is -2.52. The number of ether oxygens (including phenoxy) is 1. The molecule has 1 N–H and O–H groups in total. The third-order valence-corrected chi connectivity index (χ3v) is 5.42. The number of aromatic nitrogens is 2. The molecule has 134 valence electrons. The second-order valence-electron chi connectivity index (χ2n) is 8.26. The van der Waals surface area contributed by atoms with E-state index in [0.29, 0.717) is 18.8 Å². The van der Waals surface area contributed by atoms with Gasteiger partial charge < -0.3 is 14.7 Å². The molecule has 0 aromatic carbocycles. The van der Waals surface area contributed by atoms with Gasteiger partial charge in [-0.3, -0.25) is 4.68 Å². The van der Waals surface area contributed by atoms with Crippen molar-refractivity contribution in [2.75, 3.05) is 32.8 Å². The van der Waals surface area contributed by atoms with Gasteiger partial charge in [-0.15, -0.1) is 0 Å². The van der Waals surface area contributed by atoms with Crippen LogP contribution in [0.15, 0.2) is 12.3 Å². The van der Waals surface area contributed by atoms with Gasteiger partial charge in [0.15, 0.2) is 5.54 Å². The van der Waals surface area contributed by atoms with Crippen LogP contribution in [0.4, 0.5) is 0 Å². The van der Waals surface area contributed by atoms with Crippen molar-refractivity contribution in [3.8, 4) is 0 Å². The molecule has 1 atom stereocenters. The Balaban J connectivity index is 1.71. The molecule has 0 spiro atoms. The van der Waals surface area contributed by atoms with E-state index in [0.717, 1.165) is 45.0 Å². The van der Waals surface area contributed by atoms with E-state index in [-0.39, 0.29) is 5.41 Å². The molecule has 2 aliphatic rings. The van der Waals surface area contributed by atoms with Crippen LogP contribution in [0, 0.1) is 5.92 Å². The van der Waals surface area contributed by atoms with Crippen molar-refractivity contribution in [1.82, 2.24) is 14.7 Å². The first-order valence-electron chi connectivity index (χ1n) is 8.91. The number of carbonyl (C=O) groups is 1. The summed E-state index contributed by atoms with van der Waals surface area (Å²) in [7, 11) is 0. The van der Waals surface area contributed by atoms with Crippen LogP contribution in [-0.4, -0.2) is 58.6 Å². The number of aliphatic carboxylic acids is 1. The maximum absolute atomic E-state index is 12.1. The molecule has 0 aliphatic carbocycles. The first-order valence-corrected chi connectivity index (χ1v) is 8.91. The molecule has 0 radical (unpaired) electrons. The summed E-state index contributed by atoms with van der Waals surface area (Å²) < 4.78 is 7.15. The summed E-state index contributed by atoms with van der Waals surface area (Å²) in [6.45, 7) is 10.6. The minimum Gasteiger partial charge on any atom is -0.479 e. The number of likely N-dealkylation sites (tertiary alicyclic amines) is 1. The molecule has 1 aromatic rings. The smallest absolute Gasteiger partial charge is 0.331 e. The highest BCUT2D eigenvalue weighted by Gasteiger charge is 2.44. The summed E-state index contributed by atoms with van der Waals surface area (Å²) >= 11 is 0. The van der Waals surface area contributed by atoms with E-state index >= 15 is 0 Å². The van der Waals surface area contributed by atoms with E-state index in [1.54, 1.807) is 4.68 Å². The van der Waals surface area contributed by atoms with Crippen LogP contribution >= 0.6 is 0 Å². The number of rotatable bonds is 4. The maximum Gasteiger partial charge on any atom is 0.331 e. The van der Waals surface area contributed by atoms with Gasteiger partial charge in [-0.25, -0.2) is 4.79 Å². The molecule has 2 aliphatic heterocycles. The number of carboxylic acid groups (broad SMARTS) is 1. The van der Waals surface area contributed by atoms with E-state index in [1.807, 2.05) is 12.3 Å². The van der Waals surface area contributed by atoms with Crippen LogP contribution in [0.25, 0.3) is 0 Å². The monoisotopic (exact) mass is 335 g/mol. The van der Waals surface area contributed by atoms with Crippen molar-refractivity contribution in [2.45, 2.75) is 51.0 Å². The summed E-state index contributed by atoms with van der Waals surface area (Å²) in [6, 6.07) is 1.95. The predicted molar refractivity (Wildman–Crippen MR) is 91.1 cm³/mol. The molecule has 24 heavy (non-hydrogen) atoms. The molecule has 0 bridgehead atoms. The summed E-state index contributed by atoms with van der Waals surface area (Å²) in [5.41, 5.74) is -0.0472. The van der Waals surface area contributed by atoms with Crippen molar-refractivity contribution in [1.29, 1.82) is 0 Å². The number of hydrogen-bond acceptors (Lipinski definition) is 4. The normalized spacial score (nSPS) is 25.0. The molecule has 2 saturated heterocycles. The van der Waals surface area contributed by atoms with Gasteiger partial charge in [0.05, 0.1) is 12.3 Å². The quantitative estimate of drug-likeness (QED) is 0.912. The third kappa shape index (κ3) is 3.35. The molecule has 3 heterocycles. The van der Waals surface area contributed by atoms with Crippen molar-refractivity contribution in [2.24, 2.45) is 5.92 Å². The molecule has 2 fully saturated rings. The highest BCUT2D eigenvalue weighted by molar-refractivity contribution is 5.76. The van der Waals surface area contributed by atoms with Crippen molar-refractivity contribution in [3.63, 3.8) is 0 Å². The van der Waals surface area contributed by atoms with Crippen molar-refractivity contribution >= 4 is 5.97 Å². The number of nitrogens with zero attached hydrogens (tertiary/aromatic N) is 3. The molecular formula is C18H29N3O3. The molecule has 6 heteroatoms. The third-order valence-electron chi connectivity index (χ3n) is 5.42. The van der Waals surface area contributed by atoms with Crippen LogP contribution < -0.4 is 0 Å². The van der Waals surface area contributed by atoms with Gasteiger partial charge in [0.25, 0.3) is 0 Å². The van der Waals surface area contributed by atoms with Crippen LogP contribution in [0.5, 0.6) is 0 Å². The fourth-order valence-corrected chi connectivity index (χ4v) is 3.70.